The van der Waals surface area contributed by atoms with E-state index in [1.165, 1.54) is 0 Å². The smallest absolute Gasteiger partial charge is 0.228 e. The summed E-state index contributed by atoms with van der Waals surface area (Å²) in [6.07, 6.45) is 2.84. The van der Waals surface area contributed by atoms with Crippen molar-refractivity contribution < 1.29 is 14.0 Å². The van der Waals surface area contributed by atoms with E-state index in [9.17, 15) is 9.59 Å². The molecule has 2 rings (SSSR count). The van der Waals surface area contributed by atoms with E-state index < -0.39 is 8.32 Å². The Morgan fingerprint density at radius 3 is 2.35 bits per heavy atom. The second kappa shape index (κ2) is 6.32. The third-order valence-corrected chi connectivity index (χ3v) is 10.8. The minimum atomic E-state index is -1.92. The van der Waals surface area contributed by atoms with Gasteiger partial charge in [-0.25, -0.2) is 0 Å². The molecular weight excluding hydrogens is 306 g/mol. The summed E-state index contributed by atoms with van der Waals surface area (Å²) in [7, 11) is -1.92. The number of amides is 1. The molecule has 4 nitrogen and oxygen atoms in total. The van der Waals surface area contributed by atoms with Crippen molar-refractivity contribution in [1.82, 2.24) is 5.32 Å². The molecule has 1 N–H and O–H groups in total. The molecule has 1 saturated heterocycles. The topological polar surface area (TPSA) is 55.4 Å². The van der Waals surface area contributed by atoms with E-state index in [-0.39, 0.29) is 40.8 Å². The van der Waals surface area contributed by atoms with E-state index in [0.29, 0.717) is 5.78 Å². The minimum Gasteiger partial charge on any atom is -0.413 e. The molecule has 0 aromatic rings. The first kappa shape index (κ1) is 18.7. The summed E-state index contributed by atoms with van der Waals surface area (Å²) < 4.78 is 6.43. The number of nitrogens with one attached hydrogen (secondary N) is 1. The molecule has 0 unspecified atom stereocenters. The number of β-lactam (4-membered cyclic amide) rings is 1. The fourth-order valence-electron chi connectivity index (χ4n) is 3.64. The molecule has 5 heteroatoms. The van der Waals surface area contributed by atoms with Gasteiger partial charge in [-0.15, -0.1) is 0 Å². The lowest BCUT2D eigenvalue weighted by Gasteiger charge is -2.48. The zero-order valence-corrected chi connectivity index (χ0v) is 16.7. The van der Waals surface area contributed by atoms with Crippen LogP contribution in [0.15, 0.2) is 0 Å². The molecule has 2 aliphatic rings. The largest absolute Gasteiger partial charge is 0.413 e. The predicted molar refractivity (Wildman–Crippen MR) is 94.7 cm³/mol. The van der Waals surface area contributed by atoms with Gasteiger partial charge in [0, 0.05) is 11.8 Å². The average Bonchev–Trinajstić information content (AvgIpc) is 2.37. The van der Waals surface area contributed by atoms with Gasteiger partial charge in [-0.2, -0.15) is 0 Å². The molecule has 2 fully saturated rings. The first-order valence-electron chi connectivity index (χ1n) is 8.97. The van der Waals surface area contributed by atoms with Crippen LogP contribution in [0.25, 0.3) is 0 Å². The summed E-state index contributed by atoms with van der Waals surface area (Å²) in [4.78, 5) is 24.7. The molecule has 0 aromatic carbocycles. The fourth-order valence-corrected chi connectivity index (χ4v) is 5.07. The monoisotopic (exact) mass is 339 g/mol. The van der Waals surface area contributed by atoms with Gasteiger partial charge in [0.1, 0.15) is 5.78 Å². The average molecular weight is 340 g/mol. The highest BCUT2D eigenvalue weighted by Gasteiger charge is 2.52. The lowest BCUT2D eigenvalue weighted by Crippen LogP contribution is -2.67. The Morgan fingerprint density at radius 1 is 1.22 bits per heavy atom. The number of hydrogen-bond donors (Lipinski definition) is 1. The van der Waals surface area contributed by atoms with Crippen molar-refractivity contribution in [1.29, 1.82) is 0 Å². The quantitative estimate of drug-likeness (QED) is 0.630. The van der Waals surface area contributed by atoms with Gasteiger partial charge in [0.2, 0.25) is 5.91 Å². The van der Waals surface area contributed by atoms with E-state index in [1.807, 2.05) is 13.8 Å². The van der Waals surface area contributed by atoms with Gasteiger partial charge >= 0.3 is 0 Å². The second-order valence-electron chi connectivity index (χ2n) is 8.98. The van der Waals surface area contributed by atoms with Crippen molar-refractivity contribution >= 4 is 20.0 Å². The van der Waals surface area contributed by atoms with Crippen molar-refractivity contribution in [3.8, 4) is 0 Å². The fraction of sp³-hybridized carbons (Fsp3) is 0.889. The van der Waals surface area contributed by atoms with E-state index in [1.54, 1.807) is 0 Å². The van der Waals surface area contributed by atoms with Crippen LogP contribution in [0, 0.1) is 17.8 Å². The van der Waals surface area contributed by atoms with Crippen molar-refractivity contribution in [3.63, 3.8) is 0 Å². The molecule has 1 aliphatic carbocycles. The highest BCUT2D eigenvalue weighted by molar-refractivity contribution is 6.74. The predicted octanol–water partition coefficient (Wildman–Crippen LogP) is 3.52. The maximum atomic E-state index is 12.5. The molecule has 0 radical (unpaired) electrons. The van der Waals surface area contributed by atoms with Gasteiger partial charge in [-0.1, -0.05) is 34.1 Å². The van der Waals surface area contributed by atoms with Crippen molar-refractivity contribution in [3.05, 3.63) is 0 Å². The van der Waals surface area contributed by atoms with Crippen LogP contribution in [-0.2, 0) is 14.0 Å². The molecule has 132 valence electrons. The van der Waals surface area contributed by atoms with Gasteiger partial charge in [0.25, 0.3) is 0 Å². The lowest BCUT2D eigenvalue weighted by molar-refractivity contribution is -0.146. The maximum Gasteiger partial charge on any atom is 0.228 e. The third-order valence-electron chi connectivity index (χ3n) is 6.23. The van der Waals surface area contributed by atoms with Gasteiger partial charge < -0.3 is 9.74 Å². The number of carbonyl (C=O) groups excluding carboxylic acids is 2. The van der Waals surface area contributed by atoms with Crippen LogP contribution in [0.4, 0.5) is 0 Å². The number of hydrogen-bond acceptors (Lipinski definition) is 3. The molecule has 1 saturated carbocycles. The number of carbonyl (C=O) groups is 2. The Labute approximate surface area is 141 Å². The summed E-state index contributed by atoms with van der Waals surface area (Å²) in [5.41, 5.74) is 0. The first-order chi connectivity index (χ1) is 10.5. The van der Waals surface area contributed by atoms with Crippen LogP contribution in [0.1, 0.15) is 53.9 Å². The van der Waals surface area contributed by atoms with Gasteiger partial charge in [-0.3, -0.25) is 9.59 Å². The van der Waals surface area contributed by atoms with E-state index in [0.717, 1.165) is 19.3 Å². The minimum absolute atomic E-state index is 0.0214. The molecule has 0 aromatic heterocycles. The zero-order valence-electron chi connectivity index (χ0n) is 15.7. The number of ketones is 1. The lowest BCUT2D eigenvalue weighted by atomic mass is 9.69. The van der Waals surface area contributed by atoms with Crippen molar-refractivity contribution in [2.24, 2.45) is 17.8 Å². The summed E-state index contributed by atoms with van der Waals surface area (Å²) in [5, 5.41) is 3.11. The SMILES string of the molecule is C[C@@H]1CCC[C@H]([C@H]2NC(=O)[C@H]2[C@@H](C)O[Si](C)(C)C(C)(C)C)C1=O. The van der Waals surface area contributed by atoms with E-state index in [2.05, 4.69) is 39.2 Å². The molecule has 23 heavy (non-hydrogen) atoms. The highest BCUT2D eigenvalue weighted by atomic mass is 28.4. The Bertz CT molecular complexity index is 483. The van der Waals surface area contributed by atoms with Gasteiger partial charge in [0.05, 0.1) is 18.1 Å². The number of Topliss-reactive ketones (excluding diaryl/α,β-unsaturated/α-hetero) is 1. The highest BCUT2D eigenvalue weighted by Crippen LogP contribution is 2.41. The second-order valence-corrected chi connectivity index (χ2v) is 13.7. The van der Waals surface area contributed by atoms with Crippen molar-refractivity contribution in [2.45, 2.75) is 84.2 Å². The standard InChI is InChI=1S/C18H33NO3Si/c1-11-9-8-10-13(16(11)20)15-14(17(21)19-15)12(2)22-23(6,7)18(3,4)5/h11-15H,8-10H2,1-7H3,(H,19,21)/t11-,12-,13-,14+,15-/m1/s1. The Balaban J connectivity index is 2.08. The maximum absolute atomic E-state index is 12.5. The molecule has 1 heterocycles. The summed E-state index contributed by atoms with van der Waals surface area (Å²) in [6.45, 7) is 15.1. The van der Waals surface area contributed by atoms with Crippen LogP contribution in [-0.4, -0.2) is 32.2 Å². The Kier molecular flexibility index (Phi) is 5.12. The summed E-state index contributed by atoms with van der Waals surface area (Å²) in [5.74, 6) is 0.303. The molecule has 0 spiro atoms. The summed E-state index contributed by atoms with van der Waals surface area (Å²) >= 11 is 0. The van der Waals surface area contributed by atoms with E-state index >= 15 is 0 Å². The zero-order chi connectivity index (χ0) is 17.6. The molecule has 1 amide bonds. The normalized spacial score (nSPS) is 33.9. The summed E-state index contributed by atoms with van der Waals surface area (Å²) in [6, 6.07) is -0.0301. The van der Waals surface area contributed by atoms with Crippen LogP contribution in [0.2, 0.25) is 18.1 Å². The molecular formula is C18H33NO3Si. The van der Waals surface area contributed by atoms with Crippen LogP contribution in [0.5, 0.6) is 0 Å². The molecule has 0 bridgehead atoms. The third kappa shape index (κ3) is 3.55. The molecule has 1 aliphatic heterocycles. The first-order valence-corrected chi connectivity index (χ1v) is 11.9. The van der Waals surface area contributed by atoms with Crippen molar-refractivity contribution in [2.75, 3.05) is 0 Å². The van der Waals surface area contributed by atoms with E-state index in [4.69, 9.17) is 4.43 Å². The van der Waals surface area contributed by atoms with Gasteiger partial charge in [0.15, 0.2) is 8.32 Å². The van der Waals surface area contributed by atoms with Crippen LogP contribution >= 0.6 is 0 Å². The Morgan fingerprint density at radius 2 is 1.83 bits per heavy atom. The van der Waals surface area contributed by atoms with Crippen LogP contribution < -0.4 is 5.32 Å². The molecule has 5 atom stereocenters. The van der Waals surface area contributed by atoms with Crippen LogP contribution in [0.3, 0.4) is 0 Å². The van der Waals surface area contributed by atoms with Gasteiger partial charge in [-0.05, 0) is 37.9 Å². The number of rotatable bonds is 4. The Hall–Kier alpha value is -0.683.